The Labute approximate surface area is 107 Å². The van der Waals surface area contributed by atoms with Gasteiger partial charge in [0.25, 0.3) is 0 Å². The van der Waals surface area contributed by atoms with Crippen molar-refractivity contribution in [2.24, 2.45) is 0 Å². The lowest BCUT2D eigenvalue weighted by atomic mass is 9.91. The third-order valence-corrected chi connectivity index (χ3v) is 3.40. The summed E-state index contributed by atoms with van der Waals surface area (Å²) in [6, 6.07) is 0. The second-order valence-electron chi connectivity index (χ2n) is 5.86. The van der Waals surface area contributed by atoms with Gasteiger partial charge in [0.1, 0.15) is 5.56 Å². The van der Waals surface area contributed by atoms with Crippen molar-refractivity contribution in [3.63, 3.8) is 0 Å². The molecular weight excluding hydrogens is 230 g/mol. The Hall–Kier alpha value is -1.36. The second kappa shape index (κ2) is 4.72. The molecule has 2 rings (SSSR count). The highest BCUT2D eigenvalue weighted by Crippen LogP contribution is 2.31. The van der Waals surface area contributed by atoms with Crippen LogP contribution in [-0.2, 0) is 5.54 Å². The Morgan fingerprint density at radius 2 is 2.06 bits per heavy atom. The van der Waals surface area contributed by atoms with Gasteiger partial charge in [0.15, 0.2) is 0 Å². The fourth-order valence-electron chi connectivity index (χ4n) is 2.55. The zero-order valence-electron chi connectivity index (χ0n) is 11.2. The number of aromatic carboxylic acids is 1. The molecule has 1 aromatic heterocycles. The molecule has 5 heteroatoms. The molecule has 1 saturated heterocycles. The molecule has 2 N–H and O–H groups in total. The number of carboxylic acid groups (broad SMARTS) is 1. The minimum Gasteiger partial charge on any atom is -0.478 e. The van der Waals surface area contributed by atoms with E-state index in [9.17, 15) is 9.90 Å². The first-order valence-corrected chi connectivity index (χ1v) is 6.43. The summed E-state index contributed by atoms with van der Waals surface area (Å²) in [5.41, 5.74) is 1.06. The van der Waals surface area contributed by atoms with Gasteiger partial charge in [-0.05, 0) is 46.7 Å². The third-order valence-electron chi connectivity index (χ3n) is 3.40. The van der Waals surface area contributed by atoms with Crippen molar-refractivity contribution in [3.8, 4) is 0 Å². The number of nitrogens with zero attached hydrogens (tertiary/aromatic N) is 2. The average Bonchev–Trinajstić information content (AvgIpc) is 2.74. The number of carboxylic acids is 1. The van der Waals surface area contributed by atoms with Crippen LogP contribution in [0.4, 0.5) is 0 Å². The standard InChI is InChI=1S/C13H21N3O2/c1-13(2,3)16-11(9-4-6-14-7-5-9)10(8-15-16)12(17)18/h8-9,14H,4-7H2,1-3H3,(H,17,18). The summed E-state index contributed by atoms with van der Waals surface area (Å²) in [5, 5.41) is 16.9. The first kappa shape index (κ1) is 13.1. The molecule has 1 aromatic rings. The van der Waals surface area contributed by atoms with E-state index in [0.717, 1.165) is 31.6 Å². The van der Waals surface area contributed by atoms with Gasteiger partial charge in [-0.25, -0.2) is 4.79 Å². The summed E-state index contributed by atoms with van der Waals surface area (Å²) in [6.07, 6.45) is 3.44. The van der Waals surface area contributed by atoms with Crippen molar-refractivity contribution in [1.29, 1.82) is 0 Å². The lowest BCUT2D eigenvalue weighted by Crippen LogP contribution is -2.32. The van der Waals surface area contributed by atoms with Crippen molar-refractivity contribution in [1.82, 2.24) is 15.1 Å². The third kappa shape index (κ3) is 2.41. The fourth-order valence-corrected chi connectivity index (χ4v) is 2.55. The van der Waals surface area contributed by atoms with Gasteiger partial charge >= 0.3 is 5.97 Å². The van der Waals surface area contributed by atoms with Crippen LogP contribution in [-0.4, -0.2) is 33.9 Å². The normalized spacial score (nSPS) is 17.9. The number of carbonyl (C=O) groups is 1. The second-order valence-corrected chi connectivity index (χ2v) is 5.86. The van der Waals surface area contributed by atoms with Gasteiger partial charge in [0, 0.05) is 5.92 Å². The molecule has 0 amide bonds. The zero-order chi connectivity index (χ0) is 13.3. The molecule has 1 fully saturated rings. The van der Waals surface area contributed by atoms with Crippen LogP contribution in [0.15, 0.2) is 6.20 Å². The largest absolute Gasteiger partial charge is 0.478 e. The van der Waals surface area contributed by atoms with Crippen LogP contribution < -0.4 is 5.32 Å². The number of rotatable bonds is 2. The molecular formula is C13H21N3O2. The summed E-state index contributed by atoms with van der Waals surface area (Å²) in [6.45, 7) is 8.04. The van der Waals surface area contributed by atoms with E-state index in [2.05, 4.69) is 31.2 Å². The highest BCUT2D eigenvalue weighted by molar-refractivity contribution is 5.88. The van der Waals surface area contributed by atoms with Crippen molar-refractivity contribution in [2.75, 3.05) is 13.1 Å². The van der Waals surface area contributed by atoms with Gasteiger partial charge in [-0.2, -0.15) is 5.10 Å². The van der Waals surface area contributed by atoms with Crippen LogP contribution in [0.25, 0.3) is 0 Å². The highest BCUT2D eigenvalue weighted by Gasteiger charge is 2.29. The Morgan fingerprint density at radius 1 is 1.44 bits per heavy atom. The fraction of sp³-hybridized carbons (Fsp3) is 0.692. The highest BCUT2D eigenvalue weighted by atomic mass is 16.4. The molecule has 0 unspecified atom stereocenters. The van der Waals surface area contributed by atoms with Gasteiger partial charge in [0.2, 0.25) is 0 Å². The van der Waals surface area contributed by atoms with E-state index in [1.807, 2.05) is 4.68 Å². The van der Waals surface area contributed by atoms with Crippen LogP contribution in [0, 0.1) is 0 Å². The van der Waals surface area contributed by atoms with Crippen LogP contribution >= 0.6 is 0 Å². The maximum atomic E-state index is 11.3. The summed E-state index contributed by atoms with van der Waals surface area (Å²) in [4.78, 5) is 11.3. The van der Waals surface area contributed by atoms with Crippen molar-refractivity contribution in [2.45, 2.75) is 45.1 Å². The maximum Gasteiger partial charge on any atom is 0.339 e. The molecule has 0 saturated carbocycles. The molecule has 18 heavy (non-hydrogen) atoms. The molecule has 5 nitrogen and oxygen atoms in total. The Kier molecular flexibility index (Phi) is 3.43. The molecule has 0 spiro atoms. The van der Waals surface area contributed by atoms with Crippen molar-refractivity contribution >= 4 is 5.97 Å². The summed E-state index contributed by atoms with van der Waals surface area (Å²) in [5.74, 6) is -0.585. The molecule has 2 heterocycles. The minimum absolute atomic E-state index is 0.187. The number of nitrogens with one attached hydrogen (secondary N) is 1. The summed E-state index contributed by atoms with van der Waals surface area (Å²) >= 11 is 0. The van der Waals surface area contributed by atoms with Gasteiger partial charge in [-0.3, -0.25) is 4.68 Å². The molecule has 0 radical (unpaired) electrons. The molecule has 0 aromatic carbocycles. The molecule has 1 aliphatic heterocycles. The van der Waals surface area contributed by atoms with E-state index in [1.54, 1.807) is 0 Å². The van der Waals surface area contributed by atoms with Gasteiger partial charge in [-0.1, -0.05) is 0 Å². The monoisotopic (exact) mass is 251 g/mol. The number of hydrogen-bond donors (Lipinski definition) is 2. The molecule has 0 atom stereocenters. The predicted octanol–water partition coefficient (Wildman–Crippen LogP) is 1.80. The average molecular weight is 251 g/mol. The van der Waals surface area contributed by atoms with E-state index >= 15 is 0 Å². The SMILES string of the molecule is CC(C)(C)n1ncc(C(=O)O)c1C1CCNCC1. The number of aromatic nitrogens is 2. The van der Waals surface area contributed by atoms with Crippen molar-refractivity contribution < 1.29 is 9.90 Å². The Balaban J connectivity index is 2.46. The smallest absolute Gasteiger partial charge is 0.339 e. The lowest BCUT2D eigenvalue weighted by molar-refractivity contribution is 0.0694. The molecule has 0 bridgehead atoms. The summed E-state index contributed by atoms with van der Waals surface area (Å²) in [7, 11) is 0. The molecule has 1 aliphatic rings. The molecule has 100 valence electrons. The van der Waals surface area contributed by atoms with Crippen LogP contribution in [0.1, 0.15) is 55.6 Å². The number of hydrogen-bond acceptors (Lipinski definition) is 3. The van der Waals surface area contributed by atoms with Gasteiger partial charge < -0.3 is 10.4 Å². The first-order chi connectivity index (χ1) is 8.41. The Morgan fingerprint density at radius 3 is 2.56 bits per heavy atom. The minimum atomic E-state index is -0.876. The van der Waals surface area contributed by atoms with Crippen LogP contribution in [0.3, 0.4) is 0 Å². The lowest BCUT2D eigenvalue weighted by Gasteiger charge is -2.29. The van der Waals surface area contributed by atoms with E-state index in [1.165, 1.54) is 6.20 Å². The van der Waals surface area contributed by atoms with E-state index in [-0.39, 0.29) is 5.54 Å². The van der Waals surface area contributed by atoms with E-state index in [4.69, 9.17) is 0 Å². The maximum absolute atomic E-state index is 11.3. The summed E-state index contributed by atoms with van der Waals surface area (Å²) < 4.78 is 1.88. The molecule has 0 aliphatic carbocycles. The topological polar surface area (TPSA) is 67.2 Å². The van der Waals surface area contributed by atoms with Gasteiger partial charge in [0.05, 0.1) is 17.4 Å². The Bertz CT molecular complexity index is 440. The van der Waals surface area contributed by atoms with Crippen molar-refractivity contribution in [3.05, 3.63) is 17.5 Å². The van der Waals surface area contributed by atoms with Gasteiger partial charge in [-0.15, -0.1) is 0 Å². The quantitative estimate of drug-likeness (QED) is 0.841. The predicted molar refractivity (Wildman–Crippen MR) is 69.0 cm³/mol. The zero-order valence-corrected chi connectivity index (χ0v) is 11.2. The van der Waals surface area contributed by atoms with E-state index in [0.29, 0.717) is 11.5 Å². The van der Waals surface area contributed by atoms with Crippen LogP contribution in [0.5, 0.6) is 0 Å². The first-order valence-electron chi connectivity index (χ1n) is 6.43. The van der Waals surface area contributed by atoms with Crippen LogP contribution in [0.2, 0.25) is 0 Å². The number of piperidine rings is 1. The van der Waals surface area contributed by atoms with E-state index < -0.39 is 5.97 Å².